The molecule has 3 saturated heterocycles. The molecule has 254 valence electrons. The van der Waals surface area contributed by atoms with Crippen LogP contribution in [0.25, 0.3) is 32.8 Å². The molecule has 1 aromatic heterocycles. The summed E-state index contributed by atoms with van der Waals surface area (Å²) in [5, 5.41) is 18.9. The average Bonchev–Trinajstić information content (AvgIpc) is 3.38. The molecule has 3 fully saturated rings. The van der Waals surface area contributed by atoms with Gasteiger partial charge in [-0.25, -0.2) is 13.2 Å². The van der Waals surface area contributed by atoms with Gasteiger partial charge in [-0.3, -0.25) is 0 Å². The Kier molecular flexibility index (Phi) is 8.20. The second-order valence-corrected chi connectivity index (χ2v) is 13.6. The first-order chi connectivity index (χ1) is 23.3. The lowest BCUT2D eigenvalue weighted by atomic mass is 9.91. The number of nitrogens with zero attached hydrogens (tertiary/aromatic N) is 3. The highest BCUT2D eigenvalue weighted by Gasteiger charge is 2.44. The standard InChI is InChI=1S/C36H40F3N5O4/c1-3-19-5-4-6-20-11-23(45)12-25(28(19)20)29-31(38)33-30-34(32(29)39)47-17-27-26-8-7-22(41-26)15-44(27)35(30)43-36(42-33)48-16-18-9-21(37)13-40-14-24(10-18)46-2/h4-6,11-12,18,21-22,24,26-27,40-41,45H,3,7-10,13-17H2,1-2H3/t18-,21+,22?,24-,26?,27?/m0/s1. The van der Waals surface area contributed by atoms with Crippen molar-refractivity contribution in [2.75, 3.05) is 44.9 Å². The maximum absolute atomic E-state index is 17.1. The number of methoxy groups -OCH3 is 1. The van der Waals surface area contributed by atoms with E-state index in [9.17, 15) is 9.50 Å². The smallest absolute Gasteiger partial charge is 0.319 e. The Bertz CT molecular complexity index is 1880. The Labute approximate surface area is 276 Å². The lowest BCUT2D eigenvalue weighted by Gasteiger charge is -2.40. The van der Waals surface area contributed by atoms with Gasteiger partial charge in [-0.05, 0) is 72.1 Å². The van der Waals surface area contributed by atoms with E-state index in [-0.39, 0.29) is 95.9 Å². The first-order valence-electron chi connectivity index (χ1n) is 17.0. The molecule has 0 aliphatic carbocycles. The van der Waals surface area contributed by atoms with Crippen molar-refractivity contribution in [3.8, 4) is 28.6 Å². The highest BCUT2D eigenvalue weighted by Crippen LogP contribution is 2.48. The minimum absolute atomic E-state index is 0.0639. The van der Waals surface area contributed by atoms with E-state index in [1.807, 2.05) is 25.1 Å². The zero-order valence-corrected chi connectivity index (χ0v) is 27.1. The molecular formula is C36H40F3N5O4. The molecule has 2 bridgehead atoms. The summed E-state index contributed by atoms with van der Waals surface area (Å²) in [6.45, 7) is 3.60. The molecule has 3 aromatic carbocycles. The first-order valence-corrected chi connectivity index (χ1v) is 17.0. The SMILES string of the molecule is CCc1cccc2cc(O)cc(-c3c(F)c4c5c(nc(OC[C@H]6C[C@@H](F)CNC[C@@H](OC)C6)nc5c3F)N3CC5CCC(N5)C3CO4)c12. The van der Waals surface area contributed by atoms with Crippen molar-refractivity contribution in [3.63, 3.8) is 0 Å². The van der Waals surface area contributed by atoms with Gasteiger partial charge in [-0.15, -0.1) is 0 Å². The molecule has 48 heavy (non-hydrogen) atoms. The summed E-state index contributed by atoms with van der Waals surface area (Å²) in [7, 11) is 1.63. The Morgan fingerprint density at radius 2 is 1.96 bits per heavy atom. The van der Waals surface area contributed by atoms with Crippen LogP contribution in [0.15, 0.2) is 30.3 Å². The molecule has 4 aromatic rings. The first kappa shape index (κ1) is 31.4. The van der Waals surface area contributed by atoms with E-state index in [0.29, 0.717) is 42.5 Å². The summed E-state index contributed by atoms with van der Waals surface area (Å²) in [6, 6.07) is 8.65. The number of anilines is 1. The minimum atomic E-state index is -1.05. The van der Waals surface area contributed by atoms with Crippen LogP contribution >= 0.6 is 0 Å². The van der Waals surface area contributed by atoms with Gasteiger partial charge >= 0.3 is 6.01 Å². The zero-order chi connectivity index (χ0) is 33.1. The molecule has 4 aliphatic rings. The lowest BCUT2D eigenvalue weighted by molar-refractivity contribution is 0.0496. The van der Waals surface area contributed by atoms with Crippen molar-refractivity contribution < 1.29 is 32.5 Å². The third kappa shape index (κ3) is 5.38. The molecule has 3 unspecified atom stereocenters. The van der Waals surface area contributed by atoms with Crippen LogP contribution in [-0.4, -0.2) is 85.4 Å². The molecule has 0 spiro atoms. The molecule has 0 radical (unpaired) electrons. The molecule has 3 N–H and O–H groups in total. The van der Waals surface area contributed by atoms with E-state index >= 15 is 8.78 Å². The molecule has 5 heterocycles. The van der Waals surface area contributed by atoms with Crippen LogP contribution in [0.1, 0.15) is 38.2 Å². The summed E-state index contributed by atoms with van der Waals surface area (Å²) < 4.78 is 66.9. The van der Waals surface area contributed by atoms with Gasteiger partial charge in [0, 0.05) is 38.8 Å². The average molecular weight is 664 g/mol. The van der Waals surface area contributed by atoms with Crippen molar-refractivity contribution >= 4 is 27.5 Å². The topological polar surface area (TPSA) is 101 Å². The number of alkyl halides is 1. The lowest BCUT2D eigenvalue weighted by Crippen LogP contribution is -2.60. The van der Waals surface area contributed by atoms with Crippen LogP contribution in [-0.2, 0) is 11.2 Å². The Morgan fingerprint density at radius 1 is 1.08 bits per heavy atom. The number of piperazine rings is 1. The minimum Gasteiger partial charge on any atom is -0.508 e. The van der Waals surface area contributed by atoms with Crippen LogP contribution in [0.2, 0.25) is 0 Å². The van der Waals surface area contributed by atoms with E-state index < -0.39 is 17.8 Å². The number of aromatic nitrogens is 2. The predicted octanol–water partition coefficient (Wildman–Crippen LogP) is 5.43. The largest absolute Gasteiger partial charge is 0.508 e. The number of phenolic OH excluding ortho intramolecular Hbond substituents is 1. The molecule has 12 heteroatoms. The summed E-state index contributed by atoms with van der Waals surface area (Å²) in [6.07, 6.45) is 2.20. The number of hydrogen-bond donors (Lipinski definition) is 3. The van der Waals surface area contributed by atoms with Crippen LogP contribution in [0, 0.1) is 17.6 Å². The van der Waals surface area contributed by atoms with Gasteiger partial charge in [-0.2, -0.15) is 9.97 Å². The van der Waals surface area contributed by atoms with Gasteiger partial charge in [0.05, 0.1) is 29.7 Å². The van der Waals surface area contributed by atoms with Gasteiger partial charge in [0.15, 0.2) is 17.4 Å². The van der Waals surface area contributed by atoms with Crippen molar-refractivity contribution in [2.45, 2.75) is 69.4 Å². The highest BCUT2D eigenvalue weighted by molar-refractivity contribution is 6.05. The van der Waals surface area contributed by atoms with Crippen molar-refractivity contribution in [1.29, 1.82) is 0 Å². The van der Waals surface area contributed by atoms with Gasteiger partial charge < -0.3 is 34.9 Å². The Balaban J connectivity index is 1.30. The summed E-state index contributed by atoms with van der Waals surface area (Å²) in [4.78, 5) is 11.5. The van der Waals surface area contributed by atoms with Crippen molar-refractivity contribution in [1.82, 2.24) is 20.6 Å². The van der Waals surface area contributed by atoms with Crippen molar-refractivity contribution in [2.24, 2.45) is 5.92 Å². The van der Waals surface area contributed by atoms with Gasteiger partial charge in [0.25, 0.3) is 0 Å². The number of phenols is 1. The molecule has 0 amide bonds. The fourth-order valence-corrected chi connectivity index (χ4v) is 8.27. The fraction of sp³-hybridized carbons (Fsp3) is 0.500. The second-order valence-electron chi connectivity index (χ2n) is 13.6. The van der Waals surface area contributed by atoms with E-state index in [2.05, 4.69) is 20.5 Å². The fourth-order valence-electron chi connectivity index (χ4n) is 8.27. The third-order valence-corrected chi connectivity index (χ3v) is 10.6. The number of aromatic hydroxyl groups is 1. The van der Waals surface area contributed by atoms with E-state index in [1.54, 1.807) is 13.2 Å². The van der Waals surface area contributed by atoms with E-state index in [4.69, 9.17) is 19.2 Å². The van der Waals surface area contributed by atoms with Gasteiger partial charge in [0.1, 0.15) is 29.9 Å². The summed E-state index contributed by atoms with van der Waals surface area (Å²) >= 11 is 0. The van der Waals surface area contributed by atoms with Crippen LogP contribution in [0.4, 0.5) is 19.0 Å². The number of nitrogens with one attached hydrogen (secondary N) is 2. The predicted molar refractivity (Wildman–Crippen MR) is 177 cm³/mol. The quantitative estimate of drug-likeness (QED) is 0.250. The number of rotatable bonds is 6. The van der Waals surface area contributed by atoms with Gasteiger partial charge in [-0.1, -0.05) is 25.1 Å². The van der Waals surface area contributed by atoms with Crippen LogP contribution in [0.5, 0.6) is 17.5 Å². The number of fused-ring (bicyclic) bond motifs is 6. The van der Waals surface area contributed by atoms with E-state index in [1.165, 1.54) is 6.07 Å². The van der Waals surface area contributed by atoms with Gasteiger partial charge in [0.2, 0.25) is 0 Å². The zero-order valence-electron chi connectivity index (χ0n) is 27.1. The van der Waals surface area contributed by atoms with E-state index in [0.717, 1.165) is 18.4 Å². The number of hydrogen-bond acceptors (Lipinski definition) is 9. The number of halogens is 3. The van der Waals surface area contributed by atoms with Crippen LogP contribution in [0.3, 0.4) is 0 Å². The molecule has 6 atom stereocenters. The number of benzene rings is 3. The molecule has 0 saturated carbocycles. The summed E-state index contributed by atoms with van der Waals surface area (Å²) in [5.74, 6) is -1.81. The Hall–Kier alpha value is -3.87. The molecule has 4 aliphatic heterocycles. The third-order valence-electron chi connectivity index (χ3n) is 10.6. The maximum Gasteiger partial charge on any atom is 0.319 e. The second kappa shape index (κ2) is 12.5. The summed E-state index contributed by atoms with van der Waals surface area (Å²) in [5.41, 5.74) is 0.644. The molecular weight excluding hydrogens is 623 g/mol. The van der Waals surface area contributed by atoms with Crippen molar-refractivity contribution in [3.05, 3.63) is 47.5 Å². The highest BCUT2D eigenvalue weighted by atomic mass is 19.1. The number of aryl methyl sites for hydroxylation is 1. The molecule has 9 nitrogen and oxygen atoms in total. The van der Waals surface area contributed by atoms with Crippen LogP contribution < -0.4 is 25.0 Å². The number of ether oxygens (including phenoxy) is 3. The monoisotopic (exact) mass is 663 g/mol. The molecule has 8 rings (SSSR count). The Morgan fingerprint density at radius 3 is 2.79 bits per heavy atom. The maximum atomic E-state index is 17.1. The normalized spacial score (nSPS) is 26.9.